The summed E-state index contributed by atoms with van der Waals surface area (Å²) in [6, 6.07) is 4.22. The van der Waals surface area contributed by atoms with Crippen LogP contribution in [0.25, 0.3) is 0 Å². The van der Waals surface area contributed by atoms with Crippen molar-refractivity contribution < 1.29 is 27.1 Å². The highest BCUT2D eigenvalue weighted by Gasteiger charge is 2.35. The number of anilines is 1. The molecule has 0 aliphatic heterocycles. The van der Waals surface area contributed by atoms with E-state index in [0.717, 1.165) is 13.1 Å². The number of halogens is 4. The summed E-state index contributed by atoms with van der Waals surface area (Å²) in [6.07, 6.45) is -4.61. The fraction of sp³-hybridized carbons (Fsp3) is 0.286. The topological polar surface area (TPSA) is 56.1 Å². The van der Waals surface area contributed by atoms with Gasteiger partial charge in [0.1, 0.15) is 17.3 Å². The Morgan fingerprint density at radius 3 is 2.61 bits per heavy atom. The van der Waals surface area contributed by atoms with Gasteiger partial charge in [0.05, 0.1) is 12.2 Å². The van der Waals surface area contributed by atoms with E-state index in [0.29, 0.717) is 17.4 Å². The number of aromatic nitrogens is 2. The molecule has 0 radical (unpaired) electrons. The number of hydrogen-bond donors (Lipinski definition) is 1. The van der Waals surface area contributed by atoms with Gasteiger partial charge >= 0.3 is 6.18 Å². The molecule has 1 heterocycles. The summed E-state index contributed by atoms with van der Waals surface area (Å²) in [6.45, 7) is 2.04. The van der Waals surface area contributed by atoms with E-state index < -0.39 is 23.6 Å². The summed E-state index contributed by atoms with van der Waals surface area (Å²) in [4.78, 5) is 12.0. The van der Waals surface area contributed by atoms with Crippen molar-refractivity contribution in [2.24, 2.45) is 7.05 Å². The zero-order chi connectivity index (χ0) is 17.2. The van der Waals surface area contributed by atoms with E-state index in [2.05, 4.69) is 10.4 Å². The maximum atomic E-state index is 13.7. The molecule has 0 spiro atoms. The molecule has 2 rings (SSSR count). The van der Waals surface area contributed by atoms with Gasteiger partial charge in [-0.2, -0.15) is 18.3 Å². The van der Waals surface area contributed by atoms with E-state index in [1.54, 1.807) is 6.92 Å². The molecule has 23 heavy (non-hydrogen) atoms. The Morgan fingerprint density at radius 2 is 2.04 bits per heavy atom. The lowest BCUT2D eigenvalue weighted by Crippen LogP contribution is -2.14. The summed E-state index contributed by atoms with van der Waals surface area (Å²) < 4.78 is 57.5. The first-order chi connectivity index (χ1) is 10.7. The number of carbonyl (C=O) groups is 1. The zero-order valence-electron chi connectivity index (χ0n) is 12.2. The number of benzene rings is 1. The SMILES string of the molecule is CCOc1ccc(F)c(C(=O)Nc2cc(C(F)(F)F)n(C)n2)c1. The maximum Gasteiger partial charge on any atom is 0.433 e. The van der Waals surface area contributed by atoms with Gasteiger partial charge in [-0.05, 0) is 25.1 Å². The number of aryl methyl sites for hydroxylation is 1. The Bertz CT molecular complexity index is 725. The quantitative estimate of drug-likeness (QED) is 0.875. The minimum atomic E-state index is -4.61. The third-order valence-corrected chi connectivity index (χ3v) is 2.91. The summed E-state index contributed by atoms with van der Waals surface area (Å²) >= 11 is 0. The van der Waals surface area contributed by atoms with Crippen LogP contribution in [0.5, 0.6) is 5.75 Å². The van der Waals surface area contributed by atoms with Crippen LogP contribution in [-0.4, -0.2) is 22.3 Å². The van der Waals surface area contributed by atoms with Crippen LogP contribution < -0.4 is 10.1 Å². The van der Waals surface area contributed by atoms with E-state index >= 15 is 0 Å². The molecule has 0 saturated carbocycles. The molecule has 0 bridgehead atoms. The van der Waals surface area contributed by atoms with Crippen LogP contribution in [-0.2, 0) is 13.2 Å². The summed E-state index contributed by atoms with van der Waals surface area (Å²) in [5.74, 6) is -1.80. The van der Waals surface area contributed by atoms with E-state index in [4.69, 9.17) is 4.74 Å². The molecule has 0 unspecified atom stereocenters. The van der Waals surface area contributed by atoms with E-state index in [1.807, 2.05) is 0 Å². The molecule has 0 aliphatic rings. The van der Waals surface area contributed by atoms with E-state index in [-0.39, 0.29) is 17.1 Å². The number of nitrogens with one attached hydrogen (secondary N) is 1. The molecular formula is C14H13F4N3O2. The van der Waals surface area contributed by atoms with Crippen LogP contribution in [0.3, 0.4) is 0 Å². The van der Waals surface area contributed by atoms with Gasteiger partial charge in [0.25, 0.3) is 5.91 Å². The average Bonchev–Trinajstić information content (AvgIpc) is 2.82. The Balaban J connectivity index is 2.24. The zero-order valence-corrected chi connectivity index (χ0v) is 12.2. The summed E-state index contributed by atoms with van der Waals surface area (Å²) in [5, 5.41) is 5.68. The van der Waals surface area contributed by atoms with Crippen molar-refractivity contribution in [3.05, 3.63) is 41.3 Å². The second kappa shape index (κ2) is 6.27. The van der Waals surface area contributed by atoms with Crippen LogP contribution in [0.4, 0.5) is 23.4 Å². The number of hydrogen-bond acceptors (Lipinski definition) is 3. The lowest BCUT2D eigenvalue weighted by Gasteiger charge is -2.07. The maximum absolute atomic E-state index is 13.7. The van der Waals surface area contributed by atoms with Gasteiger partial charge in [0.2, 0.25) is 0 Å². The molecule has 1 aromatic heterocycles. The Labute approximate surface area is 128 Å². The number of carbonyl (C=O) groups excluding carboxylic acids is 1. The molecule has 124 valence electrons. The van der Waals surface area contributed by atoms with E-state index in [1.165, 1.54) is 12.1 Å². The van der Waals surface area contributed by atoms with Crippen LogP contribution in [0.15, 0.2) is 24.3 Å². The first-order valence-corrected chi connectivity index (χ1v) is 6.57. The van der Waals surface area contributed by atoms with Gasteiger partial charge in [-0.15, -0.1) is 0 Å². The average molecular weight is 331 g/mol. The highest BCUT2D eigenvalue weighted by Crippen LogP contribution is 2.30. The number of nitrogens with zero attached hydrogens (tertiary/aromatic N) is 2. The van der Waals surface area contributed by atoms with Gasteiger partial charge in [-0.3, -0.25) is 9.48 Å². The van der Waals surface area contributed by atoms with Crippen LogP contribution >= 0.6 is 0 Å². The fourth-order valence-electron chi connectivity index (χ4n) is 1.91. The molecule has 9 heteroatoms. The molecule has 1 aromatic carbocycles. The smallest absolute Gasteiger partial charge is 0.433 e. The van der Waals surface area contributed by atoms with Gasteiger partial charge in [0.15, 0.2) is 5.82 Å². The Kier molecular flexibility index (Phi) is 4.57. The van der Waals surface area contributed by atoms with E-state index in [9.17, 15) is 22.4 Å². The Hall–Kier alpha value is -2.58. The summed E-state index contributed by atoms with van der Waals surface area (Å²) in [7, 11) is 1.09. The van der Waals surface area contributed by atoms with Crippen molar-refractivity contribution in [1.82, 2.24) is 9.78 Å². The normalized spacial score (nSPS) is 11.4. The number of amides is 1. The first-order valence-electron chi connectivity index (χ1n) is 6.57. The van der Waals surface area contributed by atoms with Crippen molar-refractivity contribution in [2.45, 2.75) is 13.1 Å². The predicted molar refractivity (Wildman–Crippen MR) is 73.7 cm³/mol. The molecular weight excluding hydrogens is 318 g/mol. The minimum Gasteiger partial charge on any atom is -0.494 e. The lowest BCUT2D eigenvalue weighted by molar-refractivity contribution is -0.143. The molecule has 0 aliphatic carbocycles. The first kappa shape index (κ1) is 16.8. The molecule has 0 fully saturated rings. The summed E-state index contributed by atoms with van der Waals surface area (Å²) in [5.41, 5.74) is -1.38. The fourth-order valence-corrected chi connectivity index (χ4v) is 1.91. The lowest BCUT2D eigenvalue weighted by atomic mass is 10.2. The van der Waals surface area contributed by atoms with Gasteiger partial charge in [0, 0.05) is 13.1 Å². The molecule has 2 aromatic rings. The van der Waals surface area contributed by atoms with Crippen LogP contribution in [0.2, 0.25) is 0 Å². The van der Waals surface area contributed by atoms with Crippen molar-refractivity contribution in [1.29, 1.82) is 0 Å². The van der Waals surface area contributed by atoms with Crippen molar-refractivity contribution in [3.8, 4) is 5.75 Å². The van der Waals surface area contributed by atoms with Crippen LogP contribution in [0, 0.1) is 5.82 Å². The third kappa shape index (κ3) is 3.79. The predicted octanol–water partition coefficient (Wildman–Crippen LogP) is 3.23. The Morgan fingerprint density at radius 1 is 1.35 bits per heavy atom. The number of alkyl halides is 3. The van der Waals surface area contributed by atoms with Crippen molar-refractivity contribution in [2.75, 3.05) is 11.9 Å². The second-order valence-electron chi connectivity index (χ2n) is 4.56. The van der Waals surface area contributed by atoms with Gasteiger partial charge in [-0.25, -0.2) is 4.39 Å². The molecule has 0 atom stereocenters. The second-order valence-corrected chi connectivity index (χ2v) is 4.56. The van der Waals surface area contributed by atoms with Crippen molar-refractivity contribution in [3.63, 3.8) is 0 Å². The molecule has 0 saturated heterocycles. The highest BCUT2D eigenvalue weighted by atomic mass is 19.4. The molecule has 1 N–H and O–H groups in total. The van der Waals surface area contributed by atoms with Crippen LogP contribution in [0.1, 0.15) is 23.0 Å². The number of rotatable bonds is 4. The minimum absolute atomic E-state index is 0.274. The van der Waals surface area contributed by atoms with Gasteiger partial charge in [-0.1, -0.05) is 0 Å². The number of ether oxygens (including phenoxy) is 1. The van der Waals surface area contributed by atoms with Gasteiger partial charge < -0.3 is 10.1 Å². The monoisotopic (exact) mass is 331 g/mol. The standard InChI is InChI=1S/C14H13F4N3O2/c1-3-23-8-4-5-10(15)9(6-8)13(22)19-12-7-11(14(16,17)18)21(2)20-12/h4-7H,3H2,1-2H3,(H,19,20,22). The van der Waals surface area contributed by atoms with Crippen molar-refractivity contribution >= 4 is 11.7 Å². The molecule has 1 amide bonds. The highest BCUT2D eigenvalue weighted by molar-refractivity contribution is 6.04. The largest absolute Gasteiger partial charge is 0.494 e. The third-order valence-electron chi connectivity index (χ3n) is 2.91. The molecule has 5 nitrogen and oxygen atoms in total.